The molecule has 0 atom stereocenters. The van der Waals surface area contributed by atoms with Crippen molar-refractivity contribution >= 4 is 29.3 Å². The summed E-state index contributed by atoms with van der Waals surface area (Å²) < 4.78 is 6.22. The maximum atomic E-state index is 12.0. The Kier molecular flexibility index (Phi) is 4.70. The zero-order valence-electron chi connectivity index (χ0n) is 12.9. The van der Waals surface area contributed by atoms with Crippen LogP contribution in [0.4, 0.5) is 5.69 Å². The molecule has 0 spiro atoms. The molecule has 0 saturated heterocycles. The second-order valence-electron chi connectivity index (χ2n) is 5.32. The standard InChI is InChI=1S/C15H16N4O4S/c1-23-13(21)9-2-4-10(5-3-9)16-12(20)8-24-15-18-17-14(22)19(15)11-6-7-11/h2-5,11H,6-8H2,1H3,(H,16,20)(H,17,22). The third-order valence-electron chi connectivity index (χ3n) is 3.51. The van der Waals surface area contributed by atoms with E-state index in [9.17, 15) is 14.4 Å². The van der Waals surface area contributed by atoms with Gasteiger partial charge in [0.1, 0.15) is 0 Å². The number of nitrogens with zero attached hydrogens (tertiary/aromatic N) is 2. The van der Waals surface area contributed by atoms with E-state index < -0.39 is 5.97 Å². The molecule has 0 radical (unpaired) electrons. The number of esters is 1. The first-order valence-corrected chi connectivity index (χ1v) is 8.35. The summed E-state index contributed by atoms with van der Waals surface area (Å²) in [6, 6.07) is 6.61. The molecule has 1 aromatic carbocycles. The van der Waals surface area contributed by atoms with Crippen LogP contribution in [0.25, 0.3) is 0 Å². The second-order valence-corrected chi connectivity index (χ2v) is 6.26. The van der Waals surface area contributed by atoms with Crippen molar-refractivity contribution in [3.63, 3.8) is 0 Å². The van der Waals surface area contributed by atoms with E-state index >= 15 is 0 Å². The Morgan fingerprint density at radius 1 is 1.38 bits per heavy atom. The molecule has 1 fully saturated rings. The molecule has 1 aliphatic rings. The number of hydrogen-bond acceptors (Lipinski definition) is 6. The van der Waals surface area contributed by atoms with Crippen LogP contribution in [-0.4, -0.2) is 39.5 Å². The fourth-order valence-electron chi connectivity index (χ4n) is 2.18. The number of anilines is 1. The van der Waals surface area contributed by atoms with Crippen LogP contribution in [0.15, 0.2) is 34.2 Å². The zero-order valence-corrected chi connectivity index (χ0v) is 13.8. The van der Waals surface area contributed by atoms with Crippen LogP contribution < -0.4 is 11.0 Å². The van der Waals surface area contributed by atoms with Gasteiger partial charge in [0.05, 0.1) is 18.4 Å². The minimum Gasteiger partial charge on any atom is -0.465 e. The number of H-pyrrole nitrogens is 1. The molecule has 126 valence electrons. The number of amides is 1. The van der Waals surface area contributed by atoms with Gasteiger partial charge in [-0.05, 0) is 37.1 Å². The number of hydrogen-bond donors (Lipinski definition) is 2. The third-order valence-corrected chi connectivity index (χ3v) is 4.46. The summed E-state index contributed by atoms with van der Waals surface area (Å²) in [5.74, 6) is -0.515. The Balaban J connectivity index is 1.56. The molecule has 1 amide bonds. The molecule has 8 nitrogen and oxygen atoms in total. The molecule has 1 aliphatic carbocycles. The van der Waals surface area contributed by atoms with Crippen molar-refractivity contribution in [3.8, 4) is 0 Å². The first-order chi connectivity index (χ1) is 11.6. The summed E-state index contributed by atoms with van der Waals surface area (Å²) in [5.41, 5.74) is 0.753. The van der Waals surface area contributed by atoms with Crippen LogP contribution >= 0.6 is 11.8 Å². The first-order valence-electron chi connectivity index (χ1n) is 7.36. The van der Waals surface area contributed by atoms with E-state index in [0.717, 1.165) is 12.8 Å². The molecule has 1 saturated carbocycles. The van der Waals surface area contributed by atoms with Gasteiger partial charge < -0.3 is 10.1 Å². The minimum atomic E-state index is -0.431. The van der Waals surface area contributed by atoms with Crippen molar-refractivity contribution in [2.24, 2.45) is 0 Å². The summed E-state index contributed by atoms with van der Waals surface area (Å²) in [4.78, 5) is 35.0. The second kappa shape index (κ2) is 6.91. The van der Waals surface area contributed by atoms with Gasteiger partial charge in [0.2, 0.25) is 5.91 Å². The van der Waals surface area contributed by atoms with E-state index in [1.54, 1.807) is 28.8 Å². The van der Waals surface area contributed by atoms with Crippen LogP contribution in [0.2, 0.25) is 0 Å². The number of aromatic amines is 1. The fourth-order valence-corrected chi connectivity index (χ4v) is 3.00. The van der Waals surface area contributed by atoms with Gasteiger partial charge in [0, 0.05) is 11.7 Å². The number of nitrogens with one attached hydrogen (secondary N) is 2. The van der Waals surface area contributed by atoms with Crippen LogP contribution in [0, 0.1) is 0 Å². The molecular weight excluding hydrogens is 332 g/mol. The van der Waals surface area contributed by atoms with Crippen molar-refractivity contribution in [1.82, 2.24) is 14.8 Å². The number of rotatable bonds is 6. The largest absolute Gasteiger partial charge is 0.465 e. The summed E-state index contributed by atoms with van der Waals surface area (Å²) in [5, 5.41) is 9.63. The molecule has 1 heterocycles. The summed E-state index contributed by atoms with van der Waals surface area (Å²) in [6.07, 6.45) is 1.93. The van der Waals surface area contributed by atoms with Crippen LogP contribution in [-0.2, 0) is 9.53 Å². The van der Waals surface area contributed by atoms with Gasteiger partial charge in [-0.2, -0.15) is 0 Å². The maximum Gasteiger partial charge on any atom is 0.344 e. The normalized spacial score (nSPS) is 13.5. The van der Waals surface area contributed by atoms with E-state index in [1.165, 1.54) is 18.9 Å². The van der Waals surface area contributed by atoms with Crippen molar-refractivity contribution in [1.29, 1.82) is 0 Å². The summed E-state index contributed by atoms with van der Waals surface area (Å²) >= 11 is 1.21. The Morgan fingerprint density at radius 2 is 2.08 bits per heavy atom. The number of aromatic nitrogens is 3. The number of carbonyl (C=O) groups excluding carboxylic acids is 2. The van der Waals surface area contributed by atoms with Crippen LogP contribution in [0.1, 0.15) is 29.2 Å². The van der Waals surface area contributed by atoms with E-state index in [1.807, 2.05) is 0 Å². The molecule has 3 rings (SSSR count). The Hall–Kier alpha value is -2.55. The van der Waals surface area contributed by atoms with Crippen LogP contribution in [0.3, 0.4) is 0 Å². The molecule has 0 unspecified atom stereocenters. The Labute approximate surface area is 141 Å². The molecule has 0 bridgehead atoms. The third kappa shape index (κ3) is 3.67. The smallest absolute Gasteiger partial charge is 0.344 e. The highest BCUT2D eigenvalue weighted by atomic mass is 32.2. The highest BCUT2D eigenvalue weighted by Crippen LogP contribution is 2.35. The molecule has 9 heteroatoms. The first kappa shape index (κ1) is 16.3. The van der Waals surface area contributed by atoms with Crippen molar-refractivity contribution < 1.29 is 14.3 Å². The molecule has 2 aromatic rings. The van der Waals surface area contributed by atoms with Crippen molar-refractivity contribution in [3.05, 3.63) is 40.3 Å². The Bertz CT molecular complexity index is 808. The monoisotopic (exact) mass is 348 g/mol. The molecule has 2 N–H and O–H groups in total. The van der Waals surface area contributed by atoms with E-state index in [4.69, 9.17) is 0 Å². The lowest BCUT2D eigenvalue weighted by Crippen LogP contribution is -2.18. The number of carbonyl (C=O) groups is 2. The average Bonchev–Trinajstić information content (AvgIpc) is 3.35. The predicted octanol–water partition coefficient (Wildman–Crippen LogP) is 1.42. The van der Waals surface area contributed by atoms with Gasteiger partial charge in [-0.3, -0.25) is 9.36 Å². The quantitative estimate of drug-likeness (QED) is 0.604. The SMILES string of the molecule is COC(=O)c1ccc(NC(=O)CSc2n[nH]c(=O)n2C2CC2)cc1. The summed E-state index contributed by atoms with van der Waals surface area (Å²) in [7, 11) is 1.31. The van der Waals surface area contributed by atoms with Crippen molar-refractivity contribution in [2.45, 2.75) is 24.0 Å². The molecular formula is C15H16N4O4S. The highest BCUT2D eigenvalue weighted by molar-refractivity contribution is 7.99. The lowest BCUT2D eigenvalue weighted by molar-refractivity contribution is -0.113. The van der Waals surface area contributed by atoms with Gasteiger partial charge in [-0.25, -0.2) is 14.7 Å². The molecule has 1 aromatic heterocycles. The van der Waals surface area contributed by atoms with Gasteiger partial charge in [-0.1, -0.05) is 11.8 Å². The molecule has 0 aliphatic heterocycles. The highest BCUT2D eigenvalue weighted by Gasteiger charge is 2.28. The van der Waals surface area contributed by atoms with E-state index in [-0.39, 0.29) is 23.4 Å². The van der Waals surface area contributed by atoms with Gasteiger partial charge in [-0.15, -0.1) is 5.10 Å². The lowest BCUT2D eigenvalue weighted by Gasteiger charge is -2.06. The predicted molar refractivity (Wildman–Crippen MR) is 88.3 cm³/mol. The number of ether oxygens (including phenoxy) is 1. The Morgan fingerprint density at radius 3 is 2.71 bits per heavy atom. The number of thioether (sulfide) groups is 1. The average molecular weight is 348 g/mol. The van der Waals surface area contributed by atoms with Gasteiger partial charge >= 0.3 is 11.7 Å². The minimum absolute atomic E-state index is 0.135. The molecule has 24 heavy (non-hydrogen) atoms. The zero-order chi connectivity index (χ0) is 17.1. The van der Waals surface area contributed by atoms with Gasteiger partial charge in [0.25, 0.3) is 0 Å². The lowest BCUT2D eigenvalue weighted by atomic mass is 10.2. The number of methoxy groups -OCH3 is 1. The van der Waals surface area contributed by atoms with Crippen LogP contribution in [0.5, 0.6) is 0 Å². The van der Waals surface area contributed by atoms with Gasteiger partial charge in [0.15, 0.2) is 5.16 Å². The topological polar surface area (TPSA) is 106 Å². The summed E-state index contributed by atoms with van der Waals surface area (Å²) in [6.45, 7) is 0. The van der Waals surface area contributed by atoms with E-state index in [0.29, 0.717) is 16.4 Å². The maximum absolute atomic E-state index is 12.0. The van der Waals surface area contributed by atoms with E-state index in [2.05, 4.69) is 20.3 Å². The number of benzene rings is 1. The van der Waals surface area contributed by atoms with Crippen molar-refractivity contribution in [2.75, 3.05) is 18.2 Å². The fraction of sp³-hybridized carbons (Fsp3) is 0.333.